The number of hydrogen-bond acceptors (Lipinski definition) is 2. The molecule has 0 spiro atoms. The number of nitrogens with one attached hydrogen (secondary N) is 2. The maximum Gasteiger partial charge on any atom is 0.170 e. The number of hydrogen-bond donors (Lipinski definition) is 2. The van der Waals surface area contributed by atoms with Crippen molar-refractivity contribution < 1.29 is 4.74 Å². The van der Waals surface area contributed by atoms with Crippen LogP contribution in [0.15, 0.2) is 46.9 Å². The molecule has 0 aromatic heterocycles. The zero-order chi connectivity index (χ0) is 16.7. The minimum absolute atomic E-state index is 0.595. The fourth-order valence-corrected chi connectivity index (χ4v) is 2.68. The van der Waals surface area contributed by atoms with E-state index in [0.29, 0.717) is 10.1 Å². The van der Waals surface area contributed by atoms with E-state index in [2.05, 4.69) is 38.7 Å². The molecule has 0 bridgehead atoms. The molecule has 2 aromatic carbocycles. The van der Waals surface area contributed by atoms with Crippen LogP contribution in [0, 0.1) is 0 Å². The summed E-state index contributed by atoms with van der Waals surface area (Å²) in [6.45, 7) is 0.808. The fraction of sp³-hybridized carbons (Fsp3) is 0.235. The van der Waals surface area contributed by atoms with Gasteiger partial charge in [0.05, 0.1) is 12.1 Å². The number of anilines is 1. The molecule has 0 saturated heterocycles. The van der Waals surface area contributed by atoms with Crippen LogP contribution in [0.3, 0.4) is 0 Å². The van der Waals surface area contributed by atoms with Crippen molar-refractivity contribution in [2.24, 2.45) is 0 Å². The highest BCUT2D eigenvalue weighted by atomic mass is 79.9. The molecule has 122 valence electrons. The molecule has 0 amide bonds. The van der Waals surface area contributed by atoms with Crippen molar-refractivity contribution in [2.75, 3.05) is 19.0 Å². The second-order valence-corrected chi connectivity index (χ2v) is 6.63. The van der Waals surface area contributed by atoms with Gasteiger partial charge in [0.15, 0.2) is 5.11 Å². The summed E-state index contributed by atoms with van der Waals surface area (Å²) in [5, 5.41) is 7.57. The van der Waals surface area contributed by atoms with Gasteiger partial charge in [0.1, 0.15) is 5.75 Å². The van der Waals surface area contributed by atoms with Gasteiger partial charge < -0.3 is 15.4 Å². The van der Waals surface area contributed by atoms with Crippen LogP contribution >= 0.6 is 39.7 Å². The van der Waals surface area contributed by atoms with Crippen molar-refractivity contribution in [1.29, 1.82) is 0 Å². The summed E-state index contributed by atoms with van der Waals surface area (Å²) in [7, 11) is 1.67. The van der Waals surface area contributed by atoms with Crippen molar-refractivity contribution >= 4 is 50.5 Å². The van der Waals surface area contributed by atoms with Crippen LogP contribution in [0.1, 0.15) is 12.0 Å². The fourth-order valence-electron chi connectivity index (χ4n) is 2.04. The lowest BCUT2D eigenvalue weighted by atomic mass is 10.1. The van der Waals surface area contributed by atoms with Gasteiger partial charge in [0.2, 0.25) is 0 Å². The minimum Gasteiger partial charge on any atom is -0.497 e. The number of benzene rings is 2. The van der Waals surface area contributed by atoms with E-state index in [1.165, 1.54) is 5.56 Å². The molecule has 2 N–H and O–H groups in total. The maximum atomic E-state index is 6.05. The summed E-state index contributed by atoms with van der Waals surface area (Å²) in [6.07, 6.45) is 1.99. The molecule has 0 aliphatic carbocycles. The Kier molecular flexibility index (Phi) is 7.15. The predicted molar refractivity (Wildman–Crippen MR) is 105 cm³/mol. The molecule has 0 heterocycles. The molecule has 0 aliphatic heterocycles. The third-order valence-electron chi connectivity index (χ3n) is 3.26. The smallest absolute Gasteiger partial charge is 0.170 e. The SMILES string of the molecule is COc1ccc(CCCNC(=S)Nc2ccc(Br)c(Cl)c2)cc1. The van der Waals surface area contributed by atoms with Crippen LogP contribution in [0.5, 0.6) is 5.75 Å². The first kappa shape index (κ1) is 18.0. The zero-order valence-electron chi connectivity index (χ0n) is 12.7. The Morgan fingerprint density at radius 3 is 2.61 bits per heavy atom. The van der Waals surface area contributed by atoms with E-state index in [9.17, 15) is 0 Å². The summed E-state index contributed by atoms with van der Waals surface area (Å²) in [4.78, 5) is 0. The Bertz CT molecular complexity index is 664. The topological polar surface area (TPSA) is 33.3 Å². The normalized spacial score (nSPS) is 10.2. The largest absolute Gasteiger partial charge is 0.497 e. The van der Waals surface area contributed by atoms with Crippen LogP contribution < -0.4 is 15.4 Å². The zero-order valence-corrected chi connectivity index (χ0v) is 15.9. The Balaban J connectivity index is 1.70. The molecule has 0 fully saturated rings. The second kappa shape index (κ2) is 9.11. The van der Waals surface area contributed by atoms with Crippen molar-refractivity contribution in [3.05, 3.63) is 57.5 Å². The molecule has 0 saturated carbocycles. The molecule has 3 nitrogen and oxygen atoms in total. The van der Waals surface area contributed by atoms with E-state index in [1.54, 1.807) is 7.11 Å². The standard InChI is InChI=1S/C17H18BrClN2OS/c1-22-14-7-4-12(5-8-14)3-2-10-20-17(23)21-13-6-9-15(18)16(19)11-13/h4-9,11H,2-3,10H2,1H3,(H2,20,21,23). The van der Waals surface area contributed by atoms with Crippen molar-refractivity contribution in [1.82, 2.24) is 5.32 Å². The monoisotopic (exact) mass is 412 g/mol. The average Bonchev–Trinajstić information content (AvgIpc) is 2.55. The number of thiocarbonyl (C=S) groups is 1. The third kappa shape index (κ3) is 6.01. The first-order valence-corrected chi connectivity index (χ1v) is 8.79. The number of aryl methyl sites for hydroxylation is 1. The molecule has 23 heavy (non-hydrogen) atoms. The van der Waals surface area contributed by atoms with Gasteiger partial charge in [-0.15, -0.1) is 0 Å². The summed E-state index contributed by atoms with van der Waals surface area (Å²) in [5.41, 5.74) is 2.15. The summed E-state index contributed by atoms with van der Waals surface area (Å²) in [5.74, 6) is 0.880. The Hall–Kier alpha value is -1.30. The highest BCUT2D eigenvalue weighted by molar-refractivity contribution is 9.10. The highest BCUT2D eigenvalue weighted by Crippen LogP contribution is 2.25. The number of halogens is 2. The van der Waals surface area contributed by atoms with Gasteiger partial charge in [-0.1, -0.05) is 23.7 Å². The Labute approximate surface area is 155 Å². The summed E-state index contributed by atoms with van der Waals surface area (Å²) < 4.78 is 6.01. The van der Waals surface area contributed by atoms with Gasteiger partial charge in [-0.25, -0.2) is 0 Å². The molecular weight excluding hydrogens is 396 g/mol. The molecule has 0 unspecified atom stereocenters. The van der Waals surface area contributed by atoms with Crippen LogP contribution in [-0.2, 0) is 6.42 Å². The summed E-state index contributed by atoms with van der Waals surface area (Å²) in [6, 6.07) is 13.8. The van der Waals surface area contributed by atoms with Crippen LogP contribution in [-0.4, -0.2) is 18.8 Å². The van der Waals surface area contributed by atoms with Crippen molar-refractivity contribution in [3.63, 3.8) is 0 Å². The van der Waals surface area contributed by atoms with Gasteiger partial charge in [0.25, 0.3) is 0 Å². The van der Waals surface area contributed by atoms with Crippen molar-refractivity contribution in [3.8, 4) is 5.75 Å². The number of rotatable bonds is 6. The Morgan fingerprint density at radius 2 is 1.96 bits per heavy atom. The van der Waals surface area contributed by atoms with Crippen LogP contribution in [0.4, 0.5) is 5.69 Å². The predicted octanol–water partition coefficient (Wildman–Crippen LogP) is 5.03. The van der Waals surface area contributed by atoms with Gasteiger partial charge in [0, 0.05) is 16.7 Å². The average molecular weight is 414 g/mol. The van der Waals surface area contributed by atoms with E-state index < -0.39 is 0 Å². The van der Waals surface area contributed by atoms with E-state index in [1.807, 2.05) is 30.3 Å². The second-order valence-electron chi connectivity index (χ2n) is 4.96. The van der Waals surface area contributed by atoms with Crippen molar-refractivity contribution in [2.45, 2.75) is 12.8 Å². The molecule has 0 radical (unpaired) electrons. The van der Waals surface area contributed by atoms with Gasteiger partial charge in [-0.05, 0) is 76.9 Å². The lowest BCUT2D eigenvalue weighted by molar-refractivity contribution is 0.414. The number of methoxy groups -OCH3 is 1. The quantitative estimate of drug-likeness (QED) is 0.514. The lowest BCUT2D eigenvalue weighted by Crippen LogP contribution is -2.29. The van der Waals surface area contributed by atoms with E-state index in [0.717, 1.165) is 35.3 Å². The first-order chi connectivity index (χ1) is 11.1. The lowest BCUT2D eigenvalue weighted by Gasteiger charge is -2.11. The maximum absolute atomic E-state index is 6.05. The first-order valence-electron chi connectivity index (χ1n) is 7.21. The molecule has 6 heteroatoms. The Morgan fingerprint density at radius 1 is 1.22 bits per heavy atom. The molecule has 2 aromatic rings. The van der Waals surface area contributed by atoms with Gasteiger partial charge in [-0.2, -0.15) is 0 Å². The molecule has 0 aliphatic rings. The molecular formula is C17H18BrClN2OS. The van der Waals surface area contributed by atoms with Crippen LogP contribution in [0.25, 0.3) is 0 Å². The van der Waals surface area contributed by atoms with Gasteiger partial charge >= 0.3 is 0 Å². The highest BCUT2D eigenvalue weighted by Gasteiger charge is 2.01. The summed E-state index contributed by atoms with van der Waals surface area (Å²) >= 11 is 14.7. The van der Waals surface area contributed by atoms with E-state index in [4.69, 9.17) is 28.6 Å². The number of ether oxygens (including phenoxy) is 1. The van der Waals surface area contributed by atoms with Crippen LogP contribution in [0.2, 0.25) is 5.02 Å². The third-order valence-corrected chi connectivity index (χ3v) is 4.74. The molecule has 0 atom stereocenters. The molecule has 2 rings (SSSR count). The van der Waals surface area contributed by atoms with Gasteiger partial charge in [-0.3, -0.25) is 0 Å². The minimum atomic E-state index is 0.595. The van der Waals surface area contributed by atoms with E-state index >= 15 is 0 Å². The van der Waals surface area contributed by atoms with E-state index in [-0.39, 0.29) is 0 Å².